The molecule has 76 valence electrons. The van der Waals surface area contributed by atoms with Gasteiger partial charge in [-0.2, -0.15) is 0 Å². The molecule has 0 spiro atoms. The zero-order valence-corrected chi connectivity index (χ0v) is 9.39. The van der Waals surface area contributed by atoms with Crippen molar-refractivity contribution in [1.29, 1.82) is 0 Å². The number of alkyl halides is 3. The second kappa shape index (κ2) is 4.88. The second-order valence-corrected chi connectivity index (χ2v) is 3.96. The van der Waals surface area contributed by atoms with Gasteiger partial charge in [-0.15, -0.1) is 0 Å². The van der Waals surface area contributed by atoms with Crippen molar-refractivity contribution in [2.45, 2.75) is 24.2 Å². The van der Waals surface area contributed by atoms with E-state index < -0.39 is 11.7 Å². The van der Waals surface area contributed by atoms with Gasteiger partial charge in [-0.05, 0) is 0 Å². The Balaban J connectivity index is 2.79. The van der Waals surface area contributed by atoms with Gasteiger partial charge in [0.2, 0.25) is 0 Å². The second-order valence-electron chi connectivity index (χ2n) is 3.03. The molecule has 0 aliphatic carbocycles. The molecule has 0 amide bonds. The van der Waals surface area contributed by atoms with Gasteiger partial charge >= 0.3 is 89.6 Å². The Labute approximate surface area is 90.0 Å². The van der Waals surface area contributed by atoms with E-state index in [-0.39, 0.29) is 0 Å². The number of hydrogen-bond donors (Lipinski definition) is 0. The molecule has 1 aromatic rings. The quantitative estimate of drug-likeness (QED) is 0.734. The summed E-state index contributed by atoms with van der Waals surface area (Å²) < 4.78 is 36.9. The third-order valence-corrected chi connectivity index (χ3v) is 2.54. The maximum absolute atomic E-state index is 12.3. The van der Waals surface area contributed by atoms with Crippen LogP contribution < -0.4 is 0 Å². The van der Waals surface area contributed by atoms with Crippen molar-refractivity contribution >= 4 is 16.9 Å². The fourth-order valence-corrected chi connectivity index (χ4v) is 1.52. The molecule has 14 heavy (non-hydrogen) atoms. The van der Waals surface area contributed by atoms with Crippen LogP contribution in [0.1, 0.15) is 17.5 Å². The van der Waals surface area contributed by atoms with E-state index in [0.29, 0.717) is 6.42 Å². The van der Waals surface area contributed by atoms with E-state index in [1.54, 1.807) is 6.07 Å². The molecule has 0 aliphatic rings. The molecule has 0 heterocycles. The number of halogens is 3. The fraction of sp³-hybridized carbons (Fsp3) is 0.400. The van der Waals surface area contributed by atoms with Crippen molar-refractivity contribution in [3.8, 4) is 0 Å². The van der Waals surface area contributed by atoms with Crippen LogP contribution in [0, 0.1) is 0 Å². The Morgan fingerprint density at radius 3 is 2.50 bits per heavy atom. The zero-order valence-electron chi connectivity index (χ0n) is 7.51. The molecule has 0 aliphatic heterocycles. The SMILES string of the molecule is FC(F)(F)c1cccc(CCC[As])c1. The predicted octanol–water partition coefficient (Wildman–Crippen LogP) is 3.22. The molecule has 0 bridgehead atoms. The van der Waals surface area contributed by atoms with Gasteiger partial charge < -0.3 is 0 Å². The molecule has 1 rings (SSSR count). The predicted molar refractivity (Wildman–Crippen MR) is 50.3 cm³/mol. The first-order valence-corrected chi connectivity index (χ1v) is 5.64. The number of aryl methyl sites for hydroxylation is 1. The Morgan fingerprint density at radius 2 is 1.93 bits per heavy atom. The van der Waals surface area contributed by atoms with Gasteiger partial charge in [-0.1, -0.05) is 0 Å². The summed E-state index contributed by atoms with van der Waals surface area (Å²) in [4.78, 5) is 0. The maximum atomic E-state index is 12.3. The van der Waals surface area contributed by atoms with E-state index in [1.807, 2.05) is 0 Å². The van der Waals surface area contributed by atoms with Gasteiger partial charge in [0.05, 0.1) is 0 Å². The Hall–Kier alpha value is -0.432. The molecular formula is C10H10AsF3. The van der Waals surface area contributed by atoms with Crippen LogP contribution >= 0.6 is 0 Å². The summed E-state index contributed by atoms with van der Waals surface area (Å²) in [6.45, 7) is 0. The summed E-state index contributed by atoms with van der Waals surface area (Å²) in [6, 6.07) is 5.52. The van der Waals surface area contributed by atoms with E-state index in [2.05, 4.69) is 16.9 Å². The van der Waals surface area contributed by atoms with Gasteiger partial charge in [0.25, 0.3) is 0 Å². The molecule has 0 unspecified atom stereocenters. The first-order chi connectivity index (χ1) is 6.54. The van der Waals surface area contributed by atoms with E-state index in [0.717, 1.165) is 23.3 Å². The average molecular weight is 262 g/mol. The van der Waals surface area contributed by atoms with Crippen LogP contribution in [0.3, 0.4) is 0 Å². The van der Waals surface area contributed by atoms with Crippen LogP contribution in [0.4, 0.5) is 13.2 Å². The Bertz CT molecular complexity index is 294. The molecule has 1 aromatic carbocycles. The third-order valence-electron chi connectivity index (χ3n) is 1.88. The molecule has 0 fully saturated rings. The van der Waals surface area contributed by atoms with E-state index in [1.165, 1.54) is 12.1 Å². The number of hydrogen-bond acceptors (Lipinski definition) is 0. The van der Waals surface area contributed by atoms with Crippen LogP contribution in [0.25, 0.3) is 0 Å². The third kappa shape index (κ3) is 3.37. The standard InChI is InChI=1S/C10H10AsF3/c11-6-2-4-8-3-1-5-9(7-8)10(12,13)14/h1,3,5,7H,2,4,6H2. The van der Waals surface area contributed by atoms with E-state index in [4.69, 9.17) is 0 Å². The van der Waals surface area contributed by atoms with Crippen LogP contribution in [0.2, 0.25) is 5.21 Å². The topological polar surface area (TPSA) is 0 Å². The first kappa shape index (κ1) is 11.6. The van der Waals surface area contributed by atoms with Gasteiger partial charge in [-0.3, -0.25) is 0 Å². The summed E-state index contributed by atoms with van der Waals surface area (Å²) >= 11 is 2.43. The number of rotatable bonds is 3. The van der Waals surface area contributed by atoms with Gasteiger partial charge in [0.15, 0.2) is 0 Å². The van der Waals surface area contributed by atoms with Gasteiger partial charge in [0.1, 0.15) is 0 Å². The zero-order chi connectivity index (χ0) is 10.6. The molecule has 0 saturated heterocycles. The fourth-order valence-electron chi connectivity index (χ4n) is 1.19. The molecular weight excluding hydrogens is 252 g/mol. The van der Waals surface area contributed by atoms with Crippen molar-refractivity contribution < 1.29 is 13.2 Å². The van der Waals surface area contributed by atoms with Crippen LogP contribution in [0.5, 0.6) is 0 Å². The van der Waals surface area contributed by atoms with E-state index >= 15 is 0 Å². The molecule has 2 radical (unpaired) electrons. The minimum atomic E-state index is -4.22. The summed E-state index contributed by atoms with van der Waals surface area (Å²) in [5, 5.41) is 0.934. The number of benzene rings is 1. The van der Waals surface area contributed by atoms with Crippen molar-refractivity contribution in [3.63, 3.8) is 0 Å². The average Bonchev–Trinajstić information content (AvgIpc) is 2.14. The summed E-state index contributed by atoms with van der Waals surface area (Å²) in [5.41, 5.74) is 0.200. The van der Waals surface area contributed by atoms with Crippen LogP contribution in [-0.2, 0) is 12.6 Å². The van der Waals surface area contributed by atoms with Crippen molar-refractivity contribution in [1.82, 2.24) is 0 Å². The summed E-state index contributed by atoms with van der Waals surface area (Å²) in [6.07, 6.45) is -2.61. The normalized spacial score (nSPS) is 11.7. The van der Waals surface area contributed by atoms with Gasteiger partial charge in [0, 0.05) is 0 Å². The Kier molecular flexibility index (Phi) is 4.06. The minimum absolute atomic E-state index is 0.555. The summed E-state index contributed by atoms with van der Waals surface area (Å²) in [5.74, 6) is 0. The van der Waals surface area contributed by atoms with E-state index in [9.17, 15) is 13.2 Å². The van der Waals surface area contributed by atoms with Crippen molar-refractivity contribution in [3.05, 3.63) is 35.4 Å². The molecule has 4 heteroatoms. The summed E-state index contributed by atoms with van der Waals surface area (Å²) in [7, 11) is 0. The molecule has 0 atom stereocenters. The monoisotopic (exact) mass is 262 g/mol. The molecule has 0 nitrogen and oxygen atoms in total. The molecule has 0 saturated carbocycles. The van der Waals surface area contributed by atoms with Crippen molar-refractivity contribution in [2.75, 3.05) is 0 Å². The van der Waals surface area contributed by atoms with Gasteiger partial charge in [-0.25, -0.2) is 0 Å². The molecule has 0 N–H and O–H groups in total. The van der Waals surface area contributed by atoms with Crippen molar-refractivity contribution in [2.24, 2.45) is 0 Å². The molecule has 0 aromatic heterocycles. The Morgan fingerprint density at radius 1 is 1.21 bits per heavy atom. The van der Waals surface area contributed by atoms with Crippen LogP contribution in [0.15, 0.2) is 24.3 Å². The first-order valence-electron chi connectivity index (χ1n) is 4.31. The van der Waals surface area contributed by atoms with Crippen LogP contribution in [-0.4, -0.2) is 16.9 Å².